The summed E-state index contributed by atoms with van der Waals surface area (Å²) in [5, 5.41) is 3.68. The number of nitrogens with zero attached hydrogens (tertiary/aromatic N) is 4. The van der Waals surface area contributed by atoms with E-state index in [9.17, 15) is 14.4 Å². The lowest BCUT2D eigenvalue weighted by Gasteiger charge is -2.34. The molecule has 0 radical (unpaired) electrons. The molecule has 0 aromatic carbocycles. The van der Waals surface area contributed by atoms with Crippen LogP contribution in [0.1, 0.15) is 6.92 Å². The summed E-state index contributed by atoms with van der Waals surface area (Å²) in [6, 6.07) is 0. The van der Waals surface area contributed by atoms with E-state index < -0.39 is 5.56 Å². The number of piperazine rings is 1. The maximum Gasteiger partial charge on any atom is 0.409 e. The molecule has 1 aliphatic heterocycles. The average molecular weight is 363 g/mol. The van der Waals surface area contributed by atoms with E-state index in [0.717, 1.165) is 4.68 Å². The fourth-order valence-electron chi connectivity index (χ4n) is 2.14. The molecule has 0 spiro atoms. The highest BCUT2D eigenvalue weighted by atomic mass is 35.5. The summed E-state index contributed by atoms with van der Waals surface area (Å²) in [7, 11) is 0. The molecule has 1 saturated heterocycles. The lowest BCUT2D eigenvalue weighted by Crippen LogP contribution is -2.51. The van der Waals surface area contributed by atoms with Crippen molar-refractivity contribution in [3.05, 3.63) is 26.6 Å². The third kappa shape index (κ3) is 4.14. The van der Waals surface area contributed by atoms with Crippen molar-refractivity contribution in [2.24, 2.45) is 0 Å². The molecule has 126 valence electrons. The molecule has 2 rings (SSSR count). The first-order valence-corrected chi connectivity index (χ1v) is 7.80. The molecule has 1 aromatic heterocycles. The molecule has 0 atom stereocenters. The molecule has 0 bridgehead atoms. The van der Waals surface area contributed by atoms with Crippen LogP contribution in [0.2, 0.25) is 10.0 Å². The molecular weight excluding hydrogens is 347 g/mol. The Bertz CT molecular complexity index is 656. The van der Waals surface area contributed by atoms with E-state index in [1.165, 1.54) is 11.1 Å². The highest BCUT2D eigenvalue weighted by Gasteiger charge is 2.25. The predicted octanol–water partition coefficient (Wildman–Crippen LogP) is 0.851. The second-order valence-corrected chi connectivity index (χ2v) is 5.62. The number of rotatable bonds is 3. The summed E-state index contributed by atoms with van der Waals surface area (Å²) in [5.74, 6) is -0.276. The number of aromatic nitrogens is 2. The van der Waals surface area contributed by atoms with Crippen LogP contribution in [0.4, 0.5) is 4.79 Å². The number of ether oxygens (including phenoxy) is 1. The van der Waals surface area contributed by atoms with Crippen LogP contribution in [0.3, 0.4) is 0 Å². The smallest absolute Gasteiger partial charge is 0.409 e. The molecule has 1 fully saturated rings. The monoisotopic (exact) mass is 362 g/mol. The summed E-state index contributed by atoms with van der Waals surface area (Å²) in [6.45, 7) is 3.32. The zero-order valence-corrected chi connectivity index (χ0v) is 14.0. The van der Waals surface area contributed by atoms with Crippen molar-refractivity contribution in [3.8, 4) is 0 Å². The van der Waals surface area contributed by atoms with Gasteiger partial charge < -0.3 is 14.5 Å². The summed E-state index contributed by atoms with van der Waals surface area (Å²) in [6.07, 6.45) is 0.832. The lowest BCUT2D eigenvalue weighted by molar-refractivity contribution is -0.133. The Balaban J connectivity index is 1.95. The Labute approximate surface area is 142 Å². The fourth-order valence-corrected chi connectivity index (χ4v) is 2.41. The van der Waals surface area contributed by atoms with Gasteiger partial charge in [0.1, 0.15) is 11.6 Å². The second-order valence-electron chi connectivity index (χ2n) is 4.84. The molecule has 0 aliphatic carbocycles. The van der Waals surface area contributed by atoms with Gasteiger partial charge in [-0.15, -0.1) is 0 Å². The number of amides is 2. The first-order valence-electron chi connectivity index (χ1n) is 7.04. The van der Waals surface area contributed by atoms with Gasteiger partial charge in [-0.2, -0.15) is 5.10 Å². The van der Waals surface area contributed by atoms with E-state index in [1.807, 2.05) is 0 Å². The first kappa shape index (κ1) is 17.6. The largest absolute Gasteiger partial charge is 0.450 e. The summed E-state index contributed by atoms with van der Waals surface area (Å²) >= 11 is 11.4. The van der Waals surface area contributed by atoms with Crippen LogP contribution in [-0.4, -0.2) is 64.4 Å². The average Bonchev–Trinajstić information content (AvgIpc) is 2.55. The van der Waals surface area contributed by atoms with Crippen molar-refractivity contribution in [2.45, 2.75) is 13.5 Å². The van der Waals surface area contributed by atoms with Crippen LogP contribution in [0.15, 0.2) is 11.0 Å². The van der Waals surface area contributed by atoms with Crippen molar-refractivity contribution in [1.29, 1.82) is 0 Å². The molecule has 0 unspecified atom stereocenters. The van der Waals surface area contributed by atoms with Crippen molar-refractivity contribution in [1.82, 2.24) is 19.6 Å². The molecule has 2 amide bonds. The number of carbonyl (C=O) groups is 2. The molecule has 0 saturated carbocycles. The van der Waals surface area contributed by atoms with E-state index in [4.69, 9.17) is 27.9 Å². The molecule has 10 heteroatoms. The summed E-state index contributed by atoms with van der Waals surface area (Å²) in [4.78, 5) is 38.8. The molecule has 0 N–H and O–H groups in total. The summed E-state index contributed by atoms with van der Waals surface area (Å²) in [5.41, 5.74) is -0.613. The maximum atomic E-state index is 12.2. The normalized spacial score (nSPS) is 14.7. The topological polar surface area (TPSA) is 84.7 Å². The van der Waals surface area contributed by atoms with Crippen molar-refractivity contribution in [3.63, 3.8) is 0 Å². The fraction of sp³-hybridized carbons (Fsp3) is 0.538. The Kier molecular flexibility index (Phi) is 5.84. The van der Waals surface area contributed by atoms with Crippen LogP contribution in [0.25, 0.3) is 0 Å². The zero-order chi connectivity index (χ0) is 17.0. The number of carbonyl (C=O) groups excluding carboxylic acids is 2. The van der Waals surface area contributed by atoms with E-state index in [1.54, 1.807) is 11.8 Å². The van der Waals surface area contributed by atoms with E-state index >= 15 is 0 Å². The Morgan fingerprint density at radius 2 is 1.83 bits per heavy atom. The zero-order valence-electron chi connectivity index (χ0n) is 12.5. The minimum absolute atomic E-state index is 0.0448. The highest BCUT2D eigenvalue weighted by molar-refractivity contribution is 6.41. The van der Waals surface area contributed by atoms with Gasteiger partial charge in [0, 0.05) is 26.2 Å². The molecule has 1 aromatic rings. The molecular formula is C13H16Cl2N4O4. The van der Waals surface area contributed by atoms with Crippen LogP contribution in [0, 0.1) is 0 Å². The number of halogens is 2. The summed E-state index contributed by atoms with van der Waals surface area (Å²) < 4.78 is 5.88. The van der Waals surface area contributed by atoms with E-state index in [-0.39, 0.29) is 28.6 Å². The SMILES string of the molecule is CCOC(=O)N1CCN(C(=O)Cn2ncc(Cl)c(Cl)c2=O)CC1. The minimum Gasteiger partial charge on any atom is -0.450 e. The third-order valence-corrected chi connectivity index (χ3v) is 4.13. The van der Waals surface area contributed by atoms with Gasteiger partial charge in [0.05, 0.1) is 17.8 Å². The van der Waals surface area contributed by atoms with Gasteiger partial charge in [-0.05, 0) is 6.92 Å². The van der Waals surface area contributed by atoms with E-state index in [0.29, 0.717) is 32.8 Å². The first-order chi connectivity index (χ1) is 10.9. The highest BCUT2D eigenvalue weighted by Crippen LogP contribution is 2.14. The van der Waals surface area contributed by atoms with Crippen LogP contribution < -0.4 is 5.56 Å². The molecule has 1 aliphatic rings. The van der Waals surface area contributed by atoms with Crippen LogP contribution >= 0.6 is 23.2 Å². The Hall–Kier alpha value is -1.80. The van der Waals surface area contributed by atoms with E-state index in [2.05, 4.69) is 5.10 Å². The molecule has 2 heterocycles. The van der Waals surface area contributed by atoms with Crippen molar-refractivity contribution < 1.29 is 14.3 Å². The lowest BCUT2D eigenvalue weighted by atomic mass is 10.3. The van der Waals surface area contributed by atoms with Gasteiger partial charge in [-0.3, -0.25) is 9.59 Å². The third-order valence-electron chi connectivity index (χ3n) is 3.39. The van der Waals surface area contributed by atoms with Gasteiger partial charge in [0.2, 0.25) is 5.91 Å². The standard InChI is InChI=1S/C13H16Cl2N4O4/c1-2-23-13(22)18-5-3-17(4-6-18)10(20)8-19-12(21)11(15)9(14)7-16-19/h7H,2-6,8H2,1H3. The predicted molar refractivity (Wildman–Crippen MR) is 83.7 cm³/mol. The maximum absolute atomic E-state index is 12.2. The van der Waals surface area contributed by atoms with Gasteiger partial charge in [0.25, 0.3) is 5.56 Å². The molecule has 8 nitrogen and oxygen atoms in total. The molecule has 23 heavy (non-hydrogen) atoms. The quantitative estimate of drug-likeness (QED) is 0.795. The van der Waals surface area contributed by atoms with Crippen molar-refractivity contribution in [2.75, 3.05) is 32.8 Å². The van der Waals surface area contributed by atoms with Crippen molar-refractivity contribution >= 4 is 35.2 Å². The van der Waals surface area contributed by atoms with Crippen LogP contribution in [-0.2, 0) is 16.1 Å². The Morgan fingerprint density at radius 1 is 1.22 bits per heavy atom. The second kappa shape index (κ2) is 7.65. The van der Waals surface area contributed by atoms with Gasteiger partial charge in [-0.1, -0.05) is 23.2 Å². The van der Waals surface area contributed by atoms with Crippen LogP contribution in [0.5, 0.6) is 0 Å². The van der Waals surface area contributed by atoms with Gasteiger partial charge >= 0.3 is 6.09 Å². The van der Waals surface area contributed by atoms with Gasteiger partial charge in [-0.25, -0.2) is 9.48 Å². The number of hydrogen-bond acceptors (Lipinski definition) is 5. The van der Waals surface area contributed by atoms with Gasteiger partial charge in [0.15, 0.2) is 0 Å². The Morgan fingerprint density at radius 3 is 2.43 bits per heavy atom. The minimum atomic E-state index is -0.613. The number of hydrogen-bond donors (Lipinski definition) is 0.